The molecule has 1 aliphatic carbocycles. The molecule has 2 N–H and O–H groups in total. The van der Waals surface area contributed by atoms with Crippen LogP contribution >= 0.6 is 0 Å². The van der Waals surface area contributed by atoms with E-state index in [1.165, 1.54) is 12.8 Å². The highest BCUT2D eigenvalue weighted by Crippen LogP contribution is 2.17. The number of ether oxygens (including phenoxy) is 1. The van der Waals surface area contributed by atoms with Crippen LogP contribution in [0.4, 0.5) is 0 Å². The number of nitrogens with one attached hydrogen (secondary N) is 2. The maximum atomic E-state index is 11.4. The lowest BCUT2D eigenvalue weighted by atomic mass is 10.2. The molecule has 4 heteroatoms. The quantitative estimate of drug-likeness (QED) is 0.641. The van der Waals surface area contributed by atoms with Crippen LogP contribution in [0.3, 0.4) is 0 Å². The van der Waals surface area contributed by atoms with Gasteiger partial charge in [-0.2, -0.15) is 0 Å². The van der Waals surface area contributed by atoms with Gasteiger partial charge in [-0.3, -0.25) is 4.79 Å². The molecule has 94 valence electrons. The van der Waals surface area contributed by atoms with E-state index in [2.05, 4.69) is 24.5 Å². The summed E-state index contributed by atoms with van der Waals surface area (Å²) >= 11 is 0. The second-order valence-electron chi connectivity index (χ2n) is 4.71. The first-order chi connectivity index (χ1) is 7.68. The van der Waals surface area contributed by atoms with Gasteiger partial charge in [0.05, 0.1) is 6.61 Å². The topological polar surface area (TPSA) is 50.4 Å². The molecule has 1 rings (SSSR count). The van der Waals surface area contributed by atoms with E-state index >= 15 is 0 Å². The van der Waals surface area contributed by atoms with Gasteiger partial charge >= 0.3 is 0 Å². The van der Waals surface area contributed by atoms with Crippen LogP contribution in [0.25, 0.3) is 0 Å². The first-order valence-electron chi connectivity index (χ1n) is 6.29. The maximum Gasteiger partial charge on any atom is 0.246 e. The summed E-state index contributed by atoms with van der Waals surface area (Å²) in [5, 5.41) is 6.23. The second kappa shape index (κ2) is 7.63. The minimum atomic E-state index is 0.0245. The Balaban J connectivity index is 1.93. The smallest absolute Gasteiger partial charge is 0.246 e. The third-order valence-corrected chi connectivity index (χ3v) is 2.75. The van der Waals surface area contributed by atoms with Crippen molar-refractivity contribution in [3.05, 3.63) is 0 Å². The van der Waals surface area contributed by atoms with Crippen molar-refractivity contribution < 1.29 is 9.53 Å². The van der Waals surface area contributed by atoms with Gasteiger partial charge in [0.2, 0.25) is 5.91 Å². The highest BCUT2D eigenvalue weighted by atomic mass is 16.5. The monoisotopic (exact) mass is 228 g/mol. The highest BCUT2D eigenvalue weighted by Gasteiger charge is 2.16. The lowest BCUT2D eigenvalue weighted by Gasteiger charge is -2.12. The van der Waals surface area contributed by atoms with Crippen LogP contribution in [-0.4, -0.2) is 37.7 Å². The molecule has 1 fully saturated rings. The molecule has 0 bridgehead atoms. The molecule has 1 amide bonds. The van der Waals surface area contributed by atoms with Crippen molar-refractivity contribution in [2.24, 2.45) is 0 Å². The summed E-state index contributed by atoms with van der Waals surface area (Å²) in [5.74, 6) is 0.0245. The van der Waals surface area contributed by atoms with Gasteiger partial charge in [-0.1, -0.05) is 26.7 Å². The van der Waals surface area contributed by atoms with Gasteiger partial charge in [0, 0.05) is 18.6 Å². The number of amides is 1. The molecule has 0 saturated heterocycles. The minimum absolute atomic E-state index is 0.0245. The summed E-state index contributed by atoms with van der Waals surface area (Å²) in [4.78, 5) is 11.4. The Hall–Kier alpha value is -0.610. The van der Waals surface area contributed by atoms with E-state index in [0.29, 0.717) is 18.7 Å². The van der Waals surface area contributed by atoms with Gasteiger partial charge in [-0.05, 0) is 12.8 Å². The Morgan fingerprint density at radius 3 is 2.69 bits per heavy atom. The Bertz CT molecular complexity index is 201. The molecule has 1 saturated carbocycles. The van der Waals surface area contributed by atoms with E-state index in [9.17, 15) is 4.79 Å². The number of hydrogen-bond donors (Lipinski definition) is 2. The summed E-state index contributed by atoms with van der Waals surface area (Å²) in [6, 6.07) is 0.862. The van der Waals surface area contributed by atoms with Crippen molar-refractivity contribution in [2.45, 2.75) is 51.6 Å². The third kappa shape index (κ3) is 6.08. The summed E-state index contributed by atoms with van der Waals surface area (Å²) < 4.78 is 5.28. The largest absolute Gasteiger partial charge is 0.370 e. The molecule has 1 aliphatic rings. The van der Waals surface area contributed by atoms with Crippen molar-refractivity contribution in [3.8, 4) is 0 Å². The molecule has 4 nitrogen and oxygen atoms in total. The fourth-order valence-electron chi connectivity index (χ4n) is 1.92. The highest BCUT2D eigenvalue weighted by molar-refractivity contribution is 5.77. The van der Waals surface area contributed by atoms with Crippen molar-refractivity contribution in [1.82, 2.24) is 10.6 Å². The summed E-state index contributed by atoms with van der Waals surface area (Å²) in [6.07, 6.45) is 4.73. The normalized spacial score (nSPS) is 16.9. The van der Waals surface area contributed by atoms with Crippen molar-refractivity contribution in [3.63, 3.8) is 0 Å². The Morgan fingerprint density at radius 1 is 1.38 bits per heavy atom. The molecule has 0 heterocycles. The van der Waals surface area contributed by atoms with Gasteiger partial charge in [0.15, 0.2) is 0 Å². The van der Waals surface area contributed by atoms with E-state index in [1.54, 1.807) is 0 Å². The van der Waals surface area contributed by atoms with E-state index in [0.717, 1.165) is 19.4 Å². The molecule has 0 aromatic carbocycles. The van der Waals surface area contributed by atoms with Crippen LogP contribution in [0.2, 0.25) is 0 Å². The van der Waals surface area contributed by atoms with Gasteiger partial charge in [-0.15, -0.1) is 0 Å². The van der Waals surface area contributed by atoms with Gasteiger partial charge < -0.3 is 15.4 Å². The lowest BCUT2D eigenvalue weighted by Crippen LogP contribution is -2.36. The Labute approximate surface area is 98.1 Å². The molecular formula is C12H24N2O2. The second-order valence-corrected chi connectivity index (χ2v) is 4.71. The molecule has 0 radical (unpaired) electrons. The van der Waals surface area contributed by atoms with E-state index in [-0.39, 0.29) is 12.5 Å². The van der Waals surface area contributed by atoms with E-state index < -0.39 is 0 Å². The van der Waals surface area contributed by atoms with E-state index in [1.807, 2.05) is 0 Å². The fourth-order valence-corrected chi connectivity index (χ4v) is 1.92. The number of rotatable bonds is 7. The van der Waals surface area contributed by atoms with Crippen LogP contribution in [-0.2, 0) is 9.53 Å². The summed E-state index contributed by atoms with van der Waals surface area (Å²) in [7, 11) is 0. The van der Waals surface area contributed by atoms with Gasteiger partial charge in [0.25, 0.3) is 0 Å². The zero-order valence-corrected chi connectivity index (χ0v) is 10.4. The third-order valence-electron chi connectivity index (χ3n) is 2.75. The maximum absolute atomic E-state index is 11.4. The Morgan fingerprint density at radius 2 is 2.06 bits per heavy atom. The minimum Gasteiger partial charge on any atom is -0.370 e. The summed E-state index contributed by atoms with van der Waals surface area (Å²) in [6.45, 7) is 5.76. The van der Waals surface area contributed by atoms with Crippen molar-refractivity contribution >= 4 is 5.91 Å². The molecule has 16 heavy (non-hydrogen) atoms. The summed E-state index contributed by atoms with van der Waals surface area (Å²) in [5.41, 5.74) is 0. The molecular weight excluding hydrogens is 204 g/mol. The standard InChI is InChI=1S/C12H24N2O2/c1-10(2)13-7-8-16-9-12(15)14-11-5-3-4-6-11/h10-11,13H,3-9H2,1-2H3,(H,14,15). The molecule has 0 aromatic rings. The lowest BCUT2D eigenvalue weighted by molar-refractivity contribution is -0.126. The average Bonchev–Trinajstić information content (AvgIpc) is 2.69. The zero-order chi connectivity index (χ0) is 11.8. The number of carbonyl (C=O) groups is 1. The predicted octanol–water partition coefficient (Wildman–Crippen LogP) is 1.06. The van der Waals surface area contributed by atoms with Crippen molar-refractivity contribution in [2.75, 3.05) is 19.8 Å². The fraction of sp³-hybridized carbons (Fsp3) is 0.917. The average molecular weight is 228 g/mol. The van der Waals surface area contributed by atoms with Crippen molar-refractivity contribution in [1.29, 1.82) is 0 Å². The first kappa shape index (κ1) is 13.5. The van der Waals surface area contributed by atoms with Crippen LogP contribution in [0.5, 0.6) is 0 Å². The predicted molar refractivity (Wildman–Crippen MR) is 64.4 cm³/mol. The SMILES string of the molecule is CC(C)NCCOCC(=O)NC1CCCC1. The first-order valence-corrected chi connectivity index (χ1v) is 6.29. The molecule has 0 aliphatic heterocycles. The zero-order valence-electron chi connectivity index (χ0n) is 10.4. The van der Waals surface area contributed by atoms with Gasteiger partial charge in [-0.25, -0.2) is 0 Å². The van der Waals surface area contributed by atoms with Crippen LogP contribution in [0.15, 0.2) is 0 Å². The number of carbonyl (C=O) groups excluding carboxylic acids is 1. The van der Waals surface area contributed by atoms with E-state index in [4.69, 9.17) is 4.74 Å². The van der Waals surface area contributed by atoms with Crippen LogP contribution in [0, 0.1) is 0 Å². The molecule has 0 aromatic heterocycles. The van der Waals surface area contributed by atoms with Crippen LogP contribution in [0.1, 0.15) is 39.5 Å². The Kier molecular flexibility index (Phi) is 6.42. The van der Waals surface area contributed by atoms with Gasteiger partial charge in [0.1, 0.15) is 6.61 Å². The number of hydrogen-bond acceptors (Lipinski definition) is 3. The molecule has 0 spiro atoms. The molecule has 0 atom stereocenters. The van der Waals surface area contributed by atoms with Crippen LogP contribution < -0.4 is 10.6 Å². The molecule has 0 unspecified atom stereocenters.